The van der Waals surface area contributed by atoms with Crippen LogP contribution in [0.2, 0.25) is 10.0 Å². The molecular weight excluding hydrogens is 395 g/mol. The van der Waals surface area contributed by atoms with Crippen LogP contribution in [0.3, 0.4) is 0 Å². The van der Waals surface area contributed by atoms with Crippen LogP contribution < -0.4 is 0 Å². The van der Waals surface area contributed by atoms with Gasteiger partial charge in [-0.3, -0.25) is 0 Å². The maximum absolute atomic E-state index is 6.23. The number of rotatable bonds is 4. The number of hydrogen-bond donors (Lipinski definition) is 0. The van der Waals surface area contributed by atoms with Gasteiger partial charge >= 0.3 is 0 Å². The lowest BCUT2D eigenvalue weighted by molar-refractivity contribution is 0.791. The Morgan fingerprint density at radius 3 is 2.54 bits per heavy atom. The summed E-state index contributed by atoms with van der Waals surface area (Å²) >= 11 is 12.2. The molecule has 28 heavy (non-hydrogen) atoms. The predicted octanol–water partition coefficient (Wildman–Crippen LogP) is 4.97. The second-order valence-corrected chi connectivity index (χ2v) is 7.54. The topological polar surface area (TPSA) is 69.4 Å². The van der Waals surface area contributed by atoms with Gasteiger partial charge in [-0.05, 0) is 59.7 Å². The van der Waals surface area contributed by atoms with Crippen LogP contribution in [0.15, 0.2) is 54.7 Å². The van der Waals surface area contributed by atoms with E-state index in [2.05, 4.69) is 20.5 Å². The van der Waals surface area contributed by atoms with Crippen LogP contribution >= 0.6 is 23.2 Å². The minimum absolute atomic E-state index is 0.430. The molecule has 0 atom stereocenters. The summed E-state index contributed by atoms with van der Waals surface area (Å²) in [6, 6.07) is 14.9. The molecule has 0 aliphatic heterocycles. The Hall–Kier alpha value is -2.83. The van der Waals surface area contributed by atoms with Gasteiger partial charge in [-0.2, -0.15) is 4.68 Å². The Morgan fingerprint density at radius 2 is 1.79 bits per heavy atom. The summed E-state index contributed by atoms with van der Waals surface area (Å²) in [6.07, 6.45) is 4.04. The van der Waals surface area contributed by atoms with Crippen LogP contribution in [0.5, 0.6) is 0 Å². The van der Waals surface area contributed by atoms with Crippen LogP contribution in [0.4, 0.5) is 0 Å². The van der Waals surface area contributed by atoms with Crippen molar-refractivity contribution in [2.24, 2.45) is 0 Å². The van der Waals surface area contributed by atoms with Crippen molar-refractivity contribution >= 4 is 23.2 Å². The zero-order chi connectivity index (χ0) is 19.1. The van der Waals surface area contributed by atoms with Gasteiger partial charge in [0, 0.05) is 27.7 Å². The lowest BCUT2D eigenvalue weighted by Crippen LogP contribution is -2.04. The number of benzene rings is 2. The molecule has 0 saturated heterocycles. The molecule has 5 rings (SSSR count). The van der Waals surface area contributed by atoms with E-state index in [1.807, 2.05) is 36.4 Å². The maximum Gasteiger partial charge on any atom is 0.190 e. The molecule has 2 aromatic heterocycles. The van der Waals surface area contributed by atoms with E-state index in [4.69, 9.17) is 28.2 Å². The molecular formula is C20H14Cl2N6. The van der Waals surface area contributed by atoms with E-state index in [1.54, 1.807) is 23.0 Å². The summed E-state index contributed by atoms with van der Waals surface area (Å²) in [5.41, 5.74) is 3.21. The molecule has 1 aliphatic rings. The van der Waals surface area contributed by atoms with Gasteiger partial charge in [-0.1, -0.05) is 35.3 Å². The van der Waals surface area contributed by atoms with Crippen molar-refractivity contribution in [3.05, 3.63) is 70.6 Å². The second-order valence-electron chi connectivity index (χ2n) is 6.67. The van der Waals surface area contributed by atoms with Gasteiger partial charge in [0.2, 0.25) is 0 Å². The first-order valence-corrected chi connectivity index (χ1v) is 9.62. The average Bonchev–Trinajstić information content (AvgIpc) is 3.45. The van der Waals surface area contributed by atoms with Crippen molar-refractivity contribution in [3.63, 3.8) is 0 Å². The highest BCUT2D eigenvalue weighted by Gasteiger charge is 2.28. The maximum atomic E-state index is 6.23. The Bertz CT molecular complexity index is 1150. The molecule has 0 amide bonds. The number of halogens is 2. The first-order valence-electron chi connectivity index (χ1n) is 8.86. The largest absolute Gasteiger partial charge is 0.240 e. The van der Waals surface area contributed by atoms with E-state index in [0.29, 0.717) is 21.8 Å². The summed E-state index contributed by atoms with van der Waals surface area (Å²) < 4.78 is 1.65. The Morgan fingerprint density at radius 1 is 0.964 bits per heavy atom. The number of nitrogens with zero attached hydrogens (tertiary/aromatic N) is 6. The highest BCUT2D eigenvalue weighted by atomic mass is 35.5. The fourth-order valence-electron chi connectivity index (χ4n) is 3.06. The highest BCUT2D eigenvalue weighted by Crippen LogP contribution is 2.40. The van der Waals surface area contributed by atoms with Crippen LogP contribution in [0.25, 0.3) is 28.3 Å². The van der Waals surface area contributed by atoms with Crippen LogP contribution in [-0.2, 0) is 0 Å². The van der Waals surface area contributed by atoms with E-state index in [1.165, 1.54) is 0 Å². The van der Waals surface area contributed by atoms with Crippen molar-refractivity contribution in [1.82, 2.24) is 30.2 Å². The number of tetrazole rings is 1. The lowest BCUT2D eigenvalue weighted by atomic mass is 10.1. The van der Waals surface area contributed by atoms with Gasteiger partial charge in [0.15, 0.2) is 5.82 Å². The van der Waals surface area contributed by atoms with Gasteiger partial charge in [0.25, 0.3) is 0 Å². The predicted molar refractivity (Wildman–Crippen MR) is 108 cm³/mol. The molecule has 138 valence electrons. The summed E-state index contributed by atoms with van der Waals surface area (Å²) in [5.74, 6) is 1.84. The van der Waals surface area contributed by atoms with Crippen molar-refractivity contribution < 1.29 is 0 Å². The molecule has 2 aromatic carbocycles. The SMILES string of the molecule is Clc1ccc(-n2nnnc2-c2cnc(C3CC3)nc2-c2cccc(Cl)c2)cc1. The van der Waals surface area contributed by atoms with E-state index in [-0.39, 0.29) is 0 Å². The van der Waals surface area contributed by atoms with Crippen LogP contribution in [0.1, 0.15) is 24.6 Å². The first kappa shape index (κ1) is 17.3. The second kappa shape index (κ2) is 6.96. The number of hydrogen-bond acceptors (Lipinski definition) is 5. The monoisotopic (exact) mass is 408 g/mol. The van der Waals surface area contributed by atoms with Gasteiger partial charge in [-0.25, -0.2) is 9.97 Å². The van der Waals surface area contributed by atoms with Gasteiger partial charge < -0.3 is 0 Å². The third kappa shape index (κ3) is 3.25. The van der Waals surface area contributed by atoms with Crippen LogP contribution in [-0.4, -0.2) is 30.2 Å². The minimum Gasteiger partial charge on any atom is -0.240 e. The normalized spacial score (nSPS) is 13.6. The molecule has 1 saturated carbocycles. The van der Waals surface area contributed by atoms with Crippen molar-refractivity contribution in [2.45, 2.75) is 18.8 Å². The number of aromatic nitrogens is 6. The molecule has 0 radical (unpaired) electrons. The molecule has 1 fully saturated rings. The zero-order valence-corrected chi connectivity index (χ0v) is 16.1. The highest BCUT2D eigenvalue weighted by molar-refractivity contribution is 6.31. The van der Waals surface area contributed by atoms with Crippen molar-refractivity contribution in [2.75, 3.05) is 0 Å². The fraction of sp³-hybridized carbons (Fsp3) is 0.150. The minimum atomic E-state index is 0.430. The molecule has 2 heterocycles. The molecule has 1 aliphatic carbocycles. The summed E-state index contributed by atoms with van der Waals surface area (Å²) in [7, 11) is 0. The van der Waals surface area contributed by atoms with Crippen LogP contribution in [0, 0.1) is 0 Å². The average molecular weight is 409 g/mol. The van der Waals surface area contributed by atoms with Gasteiger partial charge in [-0.15, -0.1) is 5.10 Å². The molecule has 0 spiro atoms. The van der Waals surface area contributed by atoms with E-state index in [0.717, 1.165) is 41.2 Å². The van der Waals surface area contributed by atoms with E-state index < -0.39 is 0 Å². The van der Waals surface area contributed by atoms with Gasteiger partial charge in [0.1, 0.15) is 5.82 Å². The lowest BCUT2D eigenvalue weighted by Gasteiger charge is -2.11. The molecule has 6 nitrogen and oxygen atoms in total. The molecule has 8 heteroatoms. The zero-order valence-electron chi connectivity index (χ0n) is 14.6. The van der Waals surface area contributed by atoms with Gasteiger partial charge in [0.05, 0.1) is 16.9 Å². The quantitative estimate of drug-likeness (QED) is 0.476. The third-order valence-electron chi connectivity index (χ3n) is 4.63. The molecule has 0 unspecified atom stereocenters. The Kier molecular flexibility index (Phi) is 4.30. The summed E-state index contributed by atoms with van der Waals surface area (Å²) in [4.78, 5) is 9.43. The van der Waals surface area contributed by atoms with Crippen molar-refractivity contribution in [1.29, 1.82) is 0 Å². The molecule has 0 bridgehead atoms. The Balaban J connectivity index is 1.69. The molecule has 0 N–H and O–H groups in total. The summed E-state index contributed by atoms with van der Waals surface area (Å²) in [6.45, 7) is 0. The smallest absolute Gasteiger partial charge is 0.190 e. The summed E-state index contributed by atoms with van der Waals surface area (Å²) in [5, 5.41) is 13.5. The van der Waals surface area contributed by atoms with E-state index in [9.17, 15) is 0 Å². The fourth-order valence-corrected chi connectivity index (χ4v) is 3.38. The first-order chi connectivity index (χ1) is 13.7. The Labute approximate surface area is 171 Å². The van der Waals surface area contributed by atoms with Crippen molar-refractivity contribution in [3.8, 4) is 28.3 Å². The molecule has 4 aromatic rings. The van der Waals surface area contributed by atoms with E-state index >= 15 is 0 Å². The standard InChI is InChI=1S/C20H14Cl2N6/c21-14-6-8-16(9-7-14)28-20(25-26-27-28)17-11-23-19(12-4-5-12)24-18(17)13-2-1-3-15(22)10-13/h1-3,6-12H,4-5H2. The third-order valence-corrected chi connectivity index (χ3v) is 5.12.